The predicted octanol–water partition coefficient (Wildman–Crippen LogP) is 5.86. The maximum Gasteiger partial charge on any atom is 0.255 e. The third-order valence-corrected chi connectivity index (χ3v) is 3.97. The van der Waals surface area contributed by atoms with Crippen molar-refractivity contribution < 1.29 is 9.53 Å². The van der Waals surface area contributed by atoms with Gasteiger partial charge >= 0.3 is 0 Å². The molecule has 3 aromatic carbocycles. The average molecular weight is 360 g/mol. The van der Waals surface area contributed by atoms with Crippen molar-refractivity contribution in [1.29, 1.82) is 0 Å². The highest BCUT2D eigenvalue weighted by Gasteiger charge is 2.06. The van der Waals surface area contributed by atoms with E-state index in [-0.39, 0.29) is 5.91 Å². The lowest BCUT2D eigenvalue weighted by Gasteiger charge is -2.11. The van der Waals surface area contributed by atoms with Gasteiger partial charge in [0, 0.05) is 23.0 Å². The molecule has 0 aliphatic rings. The Balaban J connectivity index is 1.60. The van der Waals surface area contributed by atoms with Crippen LogP contribution in [0.15, 0.2) is 72.8 Å². The third-order valence-electron chi connectivity index (χ3n) is 3.97. The number of carbonyl (C=O) groups is 1. The Morgan fingerprint density at radius 3 is 1.81 bits per heavy atom. The molecule has 1 amide bonds. The maximum atomic E-state index is 12.3. The van der Waals surface area contributed by atoms with Crippen LogP contribution in [0.2, 0.25) is 0 Å². The van der Waals surface area contributed by atoms with Crippen LogP contribution < -0.4 is 15.4 Å². The van der Waals surface area contributed by atoms with Gasteiger partial charge in [-0.2, -0.15) is 0 Å². The molecule has 4 nitrogen and oxygen atoms in total. The second-order valence-corrected chi connectivity index (χ2v) is 6.77. The van der Waals surface area contributed by atoms with Crippen LogP contribution in [0.3, 0.4) is 0 Å². The van der Waals surface area contributed by atoms with Gasteiger partial charge in [-0.25, -0.2) is 0 Å². The standard InChI is InChI=1S/C23H24N2O2/c1-16(2)24-19-8-12-21(13-9-19)27-22-14-10-20(11-15-22)25-23(26)18-6-4-17(3)5-7-18/h4-16,24H,1-3H3,(H,25,26). The van der Waals surface area contributed by atoms with Gasteiger partial charge in [-0.3, -0.25) is 4.79 Å². The van der Waals surface area contributed by atoms with E-state index in [4.69, 9.17) is 4.74 Å². The number of rotatable bonds is 6. The molecule has 0 aliphatic carbocycles. The first-order valence-corrected chi connectivity index (χ1v) is 9.02. The average Bonchev–Trinajstić information content (AvgIpc) is 2.65. The smallest absolute Gasteiger partial charge is 0.255 e. The summed E-state index contributed by atoms with van der Waals surface area (Å²) in [7, 11) is 0. The van der Waals surface area contributed by atoms with E-state index in [2.05, 4.69) is 24.5 Å². The molecule has 0 saturated carbocycles. The van der Waals surface area contributed by atoms with Gasteiger partial charge in [0.1, 0.15) is 11.5 Å². The molecule has 0 saturated heterocycles. The zero-order chi connectivity index (χ0) is 19.2. The molecule has 4 heteroatoms. The van der Waals surface area contributed by atoms with Crippen LogP contribution in [0.25, 0.3) is 0 Å². The normalized spacial score (nSPS) is 10.5. The van der Waals surface area contributed by atoms with Crippen LogP contribution in [-0.2, 0) is 0 Å². The number of nitrogens with one attached hydrogen (secondary N) is 2. The van der Waals surface area contributed by atoms with Gasteiger partial charge in [0.15, 0.2) is 0 Å². The van der Waals surface area contributed by atoms with Crippen molar-refractivity contribution in [2.75, 3.05) is 10.6 Å². The molecule has 2 N–H and O–H groups in total. The monoisotopic (exact) mass is 360 g/mol. The summed E-state index contributed by atoms with van der Waals surface area (Å²) in [5.41, 5.74) is 3.55. The van der Waals surface area contributed by atoms with Crippen LogP contribution >= 0.6 is 0 Å². The minimum absolute atomic E-state index is 0.128. The van der Waals surface area contributed by atoms with Crippen molar-refractivity contribution in [1.82, 2.24) is 0 Å². The number of ether oxygens (including phenoxy) is 1. The quantitative estimate of drug-likeness (QED) is 0.579. The molecule has 0 aromatic heterocycles. The van der Waals surface area contributed by atoms with Gasteiger partial charge in [0.25, 0.3) is 5.91 Å². The van der Waals surface area contributed by atoms with E-state index in [0.29, 0.717) is 17.4 Å². The molecule has 0 aliphatic heterocycles. The largest absolute Gasteiger partial charge is 0.457 e. The summed E-state index contributed by atoms with van der Waals surface area (Å²) in [6.07, 6.45) is 0. The summed E-state index contributed by atoms with van der Waals surface area (Å²) >= 11 is 0. The fourth-order valence-corrected chi connectivity index (χ4v) is 2.60. The Bertz CT molecular complexity index is 883. The molecule has 0 fully saturated rings. The van der Waals surface area contributed by atoms with Crippen molar-refractivity contribution in [3.8, 4) is 11.5 Å². The van der Waals surface area contributed by atoms with E-state index in [1.54, 1.807) is 0 Å². The lowest BCUT2D eigenvalue weighted by Crippen LogP contribution is -2.11. The second kappa shape index (κ2) is 8.41. The van der Waals surface area contributed by atoms with E-state index in [9.17, 15) is 4.79 Å². The van der Waals surface area contributed by atoms with Crippen LogP contribution in [0.4, 0.5) is 11.4 Å². The van der Waals surface area contributed by atoms with Crippen LogP contribution in [0, 0.1) is 6.92 Å². The second-order valence-electron chi connectivity index (χ2n) is 6.77. The Labute approximate surface area is 160 Å². The minimum atomic E-state index is -0.128. The molecular weight excluding hydrogens is 336 g/mol. The number of anilines is 2. The first-order chi connectivity index (χ1) is 13.0. The van der Waals surface area contributed by atoms with E-state index in [1.165, 1.54) is 0 Å². The third kappa shape index (κ3) is 5.35. The van der Waals surface area contributed by atoms with E-state index >= 15 is 0 Å². The summed E-state index contributed by atoms with van der Waals surface area (Å²) in [5.74, 6) is 1.35. The summed E-state index contributed by atoms with van der Waals surface area (Å²) < 4.78 is 5.86. The van der Waals surface area contributed by atoms with E-state index in [1.807, 2.05) is 79.7 Å². The SMILES string of the molecule is Cc1ccc(C(=O)Nc2ccc(Oc3ccc(NC(C)C)cc3)cc2)cc1. The van der Waals surface area contributed by atoms with Crippen molar-refractivity contribution >= 4 is 17.3 Å². The number of hydrogen-bond donors (Lipinski definition) is 2. The number of amides is 1. The number of hydrogen-bond acceptors (Lipinski definition) is 3. The lowest BCUT2D eigenvalue weighted by atomic mass is 10.1. The summed E-state index contributed by atoms with van der Waals surface area (Å²) in [6.45, 7) is 6.20. The highest BCUT2D eigenvalue weighted by atomic mass is 16.5. The van der Waals surface area contributed by atoms with Gasteiger partial charge in [-0.1, -0.05) is 17.7 Å². The summed E-state index contributed by atoms with van der Waals surface area (Å²) in [4.78, 5) is 12.3. The van der Waals surface area contributed by atoms with Gasteiger partial charge in [0.05, 0.1) is 0 Å². The van der Waals surface area contributed by atoms with Crippen LogP contribution in [0.5, 0.6) is 11.5 Å². The van der Waals surface area contributed by atoms with Crippen molar-refractivity contribution in [2.45, 2.75) is 26.8 Å². The van der Waals surface area contributed by atoms with Gasteiger partial charge in [-0.05, 0) is 81.4 Å². The van der Waals surface area contributed by atoms with Crippen molar-refractivity contribution in [3.63, 3.8) is 0 Å². The Kier molecular flexibility index (Phi) is 5.77. The fourth-order valence-electron chi connectivity index (χ4n) is 2.60. The van der Waals surface area contributed by atoms with Crippen LogP contribution in [0.1, 0.15) is 29.8 Å². The summed E-state index contributed by atoms with van der Waals surface area (Å²) in [6, 6.07) is 23.1. The molecule has 0 radical (unpaired) electrons. The molecule has 0 atom stereocenters. The summed E-state index contributed by atoms with van der Waals surface area (Å²) in [5, 5.41) is 6.23. The molecule has 138 valence electrons. The van der Waals surface area contributed by atoms with Gasteiger partial charge in [-0.15, -0.1) is 0 Å². The molecule has 27 heavy (non-hydrogen) atoms. The van der Waals surface area contributed by atoms with E-state index in [0.717, 1.165) is 22.7 Å². The highest BCUT2D eigenvalue weighted by molar-refractivity contribution is 6.04. The fraction of sp³-hybridized carbons (Fsp3) is 0.174. The Hall–Kier alpha value is -3.27. The maximum absolute atomic E-state index is 12.3. The molecule has 0 heterocycles. The highest BCUT2D eigenvalue weighted by Crippen LogP contribution is 2.24. The number of carbonyl (C=O) groups excluding carboxylic acids is 1. The van der Waals surface area contributed by atoms with Crippen molar-refractivity contribution in [3.05, 3.63) is 83.9 Å². The zero-order valence-electron chi connectivity index (χ0n) is 15.8. The van der Waals surface area contributed by atoms with Crippen LogP contribution in [-0.4, -0.2) is 11.9 Å². The first-order valence-electron chi connectivity index (χ1n) is 9.02. The minimum Gasteiger partial charge on any atom is -0.457 e. The van der Waals surface area contributed by atoms with Gasteiger partial charge < -0.3 is 15.4 Å². The van der Waals surface area contributed by atoms with Gasteiger partial charge in [0.2, 0.25) is 0 Å². The molecule has 3 rings (SSSR count). The molecule has 0 unspecified atom stereocenters. The Morgan fingerprint density at radius 2 is 1.30 bits per heavy atom. The molecule has 3 aromatic rings. The molecule has 0 spiro atoms. The molecular formula is C23H24N2O2. The number of aryl methyl sites for hydroxylation is 1. The zero-order valence-corrected chi connectivity index (χ0v) is 15.8. The topological polar surface area (TPSA) is 50.4 Å². The lowest BCUT2D eigenvalue weighted by molar-refractivity contribution is 0.102. The Morgan fingerprint density at radius 1 is 0.778 bits per heavy atom. The van der Waals surface area contributed by atoms with Crippen molar-refractivity contribution in [2.24, 2.45) is 0 Å². The molecule has 0 bridgehead atoms. The number of benzene rings is 3. The van der Waals surface area contributed by atoms with E-state index < -0.39 is 0 Å². The predicted molar refractivity (Wildman–Crippen MR) is 111 cm³/mol. The first kappa shape index (κ1) is 18.5.